The van der Waals surface area contributed by atoms with Crippen LogP contribution in [0.5, 0.6) is 0 Å². The fourth-order valence-corrected chi connectivity index (χ4v) is 3.40. The number of hydrogen-bond acceptors (Lipinski definition) is 3. The fraction of sp³-hybridized carbons (Fsp3) is 0.286. The molecule has 1 saturated heterocycles. The molecule has 3 rings (SSSR count). The molecule has 0 aromatic heterocycles. The maximum absolute atomic E-state index is 13.0. The Kier molecular flexibility index (Phi) is 5.33. The van der Waals surface area contributed by atoms with Crippen molar-refractivity contribution in [1.29, 1.82) is 5.26 Å². The van der Waals surface area contributed by atoms with Crippen LogP contribution in [-0.2, 0) is 11.2 Å². The molecule has 0 unspecified atom stereocenters. The molecule has 0 spiro atoms. The van der Waals surface area contributed by atoms with Gasteiger partial charge < -0.3 is 9.80 Å². The van der Waals surface area contributed by atoms with Crippen LogP contribution in [0.15, 0.2) is 54.6 Å². The standard InChI is InChI=1S/C21H21N3O2/c1-2-23(20(25)17-8-6-7-16(15-17)11-13-22)19-12-14-24(21(19)26)18-9-4-3-5-10-18/h3-10,15,19H,2,11-12,14H2,1H3/t19-/m0/s1. The first-order valence-electron chi connectivity index (χ1n) is 8.79. The molecule has 1 aliphatic rings. The number of rotatable bonds is 5. The van der Waals surface area contributed by atoms with Crippen molar-refractivity contribution in [2.45, 2.75) is 25.8 Å². The third-order valence-corrected chi connectivity index (χ3v) is 4.68. The highest BCUT2D eigenvalue weighted by Crippen LogP contribution is 2.25. The molecule has 0 aliphatic carbocycles. The molecule has 0 N–H and O–H groups in total. The number of amides is 2. The van der Waals surface area contributed by atoms with Gasteiger partial charge in [0.2, 0.25) is 5.91 Å². The molecular formula is C21H21N3O2. The van der Waals surface area contributed by atoms with E-state index in [1.165, 1.54) is 0 Å². The second-order valence-corrected chi connectivity index (χ2v) is 6.26. The van der Waals surface area contributed by atoms with Crippen LogP contribution < -0.4 is 4.90 Å². The summed E-state index contributed by atoms with van der Waals surface area (Å²) in [5.74, 6) is -0.208. The molecule has 0 radical (unpaired) electrons. The first-order valence-corrected chi connectivity index (χ1v) is 8.79. The van der Waals surface area contributed by atoms with Gasteiger partial charge in [-0.05, 0) is 43.2 Å². The number of benzene rings is 2. The second kappa shape index (κ2) is 7.83. The van der Waals surface area contributed by atoms with Gasteiger partial charge >= 0.3 is 0 Å². The lowest BCUT2D eigenvalue weighted by Gasteiger charge is -2.27. The second-order valence-electron chi connectivity index (χ2n) is 6.26. The molecule has 0 saturated carbocycles. The highest BCUT2D eigenvalue weighted by molar-refractivity contribution is 6.04. The van der Waals surface area contributed by atoms with Crippen LogP contribution in [0.4, 0.5) is 5.69 Å². The van der Waals surface area contributed by atoms with Gasteiger partial charge in [-0.1, -0.05) is 30.3 Å². The van der Waals surface area contributed by atoms with Crippen LogP contribution in [0.1, 0.15) is 29.3 Å². The largest absolute Gasteiger partial charge is 0.327 e. The maximum Gasteiger partial charge on any atom is 0.254 e. The lowest BCUT2D eigenvalue weighted by molar-refractivity contribution is -0.120. The highest BCUT2D eigenvalue weighted by atomic mass is 16.2. The maximum atomic E-state index is 13.0. The number of carbonyl (C=O) groups is 2. The Morgan fingerprint density at radius 1 is 1.23 bits per heavy atom. The Labute approximate surface area is 153 Å². The van der Waals surface area contributed by atoms with Crippen molar-refractivity contribution in [3.8, 4) is 6.07 Å². The van der Waals surface area contributed by atoms with Crippen molar-refractivity contribution < 1.29 is 9.59 Å². The van der Waals surface area contributed by atoms with Crippen molar-refractivity contribution in [2.75, 3.05) is 18.0 Å². The summed E-state index contributed by atoms with van der Waals surface area (Å²) in [5.41, 5.74) is 2.18. The van der Waals surface area contributed by atoms with Crippen molar-refractivity contribution in [2.24, 2.45) is 0 Å². The summed E-state index contributed by atoms with van der Waals surface area (Å²) in [7, 11) is 0. The predicted molar refractivity (Wildman–Crippen MR) is 99.7 cm³/mol. The number of carbonyl (C=O) groups excluding carboxylic acids is 2. The molecule has 5 nitrogen and oxygen atoms in total. The zero-order valence-electron chi connectivity index (χ0n) is 14.8. The lowest BCUT2D eigenvalue weighted by atomic mass is 10.1. The van der Waals surface area contributed by atoms with E-state index in [0.717, 1.165) is 11.3 Å². The van der Waals surface area contributed by atoms with E-state index in [4.69, 9.17) is 5.26 Å². The van der Waals surface area contributed by atoms with Gasteiger partial charge in [0.05, 0.1) is 12.5 Å². The summed E-state index contributed by atoms with van der Waals surface area (Å²) >= 11 is 0. The van der Waals surface area contributed by atoms with Crippen molar-refractivity contribution in [3.63, 3.8) is 0 Å². The van der Waals surface area contributed by atoms with Gasteiger partial charge in [-0.25, -0.2) is 0 Å². The third-order valence-electron chi connectivity index (χ3n) is 4.68. The summed E-state index contributed by atoms with van der Waals surface area (Å²) in [6.45, 7) is 2.95. The minimum absolute atomic E-state index is 0.0421. The average molecular weight is 347 g/mol. The van der Waals surface area contributed by atoms with Crippen LogP contribution in [0.25, 0.3) is 0 Å². The minimum atomic E-state index is -0.452. The molecule has 1 heterocycles. The van der Waals surface area contributed by atoms with E-state index in [-0.39, 0.29) is 18.2 Å². The molecule has 0 bridgehead atoms. The smallest absolute Gasteiger partial charge is 0.254 e. The number of likely N-dealkylation sites (N-methyl/N-ethyl adjacent to an activating group) is 1. The molecule has 2 amide bonds. The van der Waals surface area contributed by atoms with Gasteiger partial charge in [0, 0.05) is 24.3 Å². The Morgan fingerprint density at radius 2 is 2.00 bits per heavy atom. The van der Waals surface area contributed by atoms with Crippen molar-refractivity contribution in [3.05, 3.63) is 65.7 Å². The molecule has 1 atom stereocenters. The molecule has 1 aliphatic heterocycles. The summed E-state index contributed by atoms with van der Waals surface area (Å²) < 4.78 is 0. The number of para-hydroxylation sites is 1. The SMILES string of the molecule is CCN(C(=O)c1cccc(CC#N)c1)[C@H]1CCN(c2ccccc2)C1=O. The van der Waals surface area contributed by atoms with E-state index < -0.39 is 6.04 Å². The Morgan fingerprint density at radius 3 is 2.69 bits per heavy atom. The summed E-state index contributed by atoms with van der Waals surface area (Å²) in [6, 6.07) is 18.3. The van der Waals surface area contributed by atoms with Crippen molar-refractivity contribution >= 4 is 17.5 Å². The normalized spacial score (nSPS) is 16.4. The monoisotopic (exact) mass is 347 g/mol. The van der Waals surface area contributed by atoms with E-state index in [9.17, 15) is 9.59 Å². The lowest BCUT2D eigenvalue weighted by Crippen LogP contribution is -2.45. The van der Waals surface area contributed by atoms with Crippen LogP contribution in [-0.4, -0.2) is 35.8 Å². The van der Waals surface area contributed by atoms with Crippen LogP contribution >= 0.6 is 0 Å². The first kappa shape index (κ1) is 17.7. The Balaban J connectivity index is 1.81. The molecule has 132 valence electrons. The number of nitriles is 1. The number of anilines is 1. The molecule has 5 heteroatoms. The summed E-state index contributed by atoms with van der Waals surface area (Å²) in [6.07, 6.45) is 0.878. The van der Waals surface area contributed by atoms with Gasteiger partial charge in [0.25, 0.3) is 5.91 Å². The van der Waals surface area contributed by atoms with E-state index in [0.29, 0.717) is 25.1 Å². The predicted octanol–water partition coefficient (Wildman–Crippen LogP) is 3.02. The van der Waals surface area contributed by atoms with Gasteiger partial charge in [-0.2, -0.15) is 5.26 Å². The zero-order chi connectivity index (χ0) is 18.5. The van der Waals surface area contributed by atoms with E-state index in [1.54, 1.807) is 28.0 Å². The zero-order valence-corrected chi connectivity index (χ0v) is 14.8. The first-order chi connectivity index (χ1) is 12.7. The Bertz CT molecular complexity index is 842. The van der Waals surface area contributed by atoms with Gasteiger partial charge in [-0.15, -0.1) is 0 Å². The van der Waals surface area contributed by atoms with Gasteiger partial charge in [0.15, 0.2) is 0 Å². The molecule has 2 aromatic rings. The van der Waals surface area contributed by atoms with Gasteiger partial charge in [-0.3, -0.25) is 9.59 Å². The van der Waals surface area contributed by atoms with Crippen LogP contribution in [0.2, 0.25) is 0 Å². The quantitative estimate of drug-likeness (QED) is 0.835. The summed E-state index contributed by atoms with van der Waals surface area (Å²) in [5, 5.41) is 8.85. The third kappa shape index (κ3) is 3.45. The van der Waals surface area contributed by atoms with Crippen molar-refractivity contribution in [1.82, 2.24) is 4.90 Å². The van der Waals surface area contributed by atoms with E-state index in [1.807, 2.05) is 43.3 Å². The molecule has 26 heavy (non-hydrogen) atoms. The molecule has 2 aromatic carbocycles. The summed E-state index contributed by atoms with van der Waals surface area (Å²) in [4.78, 5) is 29.3. The fourth-order valence-electron chi connectivity index (χ4n) is 3.40. The molecular weight excluding hydrogens is 326 g/mol. The molecule has 1 fully saturated rings. The van der Waals surface area contributed by atoms with E-state index in [2.05, 4.69) is 6.07 Å². The highest BCUT2D eigenvalue weighted by Gasteiger charge is 2.38. The Hall–Kier alpha value is -3.13. The average Bonchev–Trinajstić information content (AvgIpc) is 3.05. The van der Waals surface area contributed by atoms with E-state index >= 15 is 0 Å². The minimum Gasteiger partial charge on any atom is -0.327 e. The topological polar surface area (TPSA) is 64.4 Å². The number of nitrogens with zero attached hydrogens (tertiary/aromatic N) is 3. The van der Waals surface area contributed by atoms with Crippen LogP contribution in [0.3, 0.4) is 0 Å². The number of hydrogen-bond donors (Lipinski definition) is 0. The van der Waals surface area contributed by atoms with Gasteiger partial charge in [0.1, 0.15) is 6.04 Å². The van der Waals surface area contributed by atoms with Crippen LogP contribution in [0, 0.1) is 11.3 Å².